The first kappa shape index (κ1) is 23.6. The molecule has 5 nitrogen and oxygen atoms in total. The van der Waals surface area contributed by atoms with Crippen LogP contribution in [0.15, 0.2) is 53.4 Å². The molecule has 4 rings (SSSR count). The first-order chi connectivity index (χ1) is 15.9. The molecule has 1 N–H and O–H groups in total. The van der Waals surface area contributed by atoms with E-state index in [0.717, 1.165) is 42.6 Å². The van der Waals surface area contributed by atoms with Crippen LogP contribution in [0.1, 0.15) is 38.8 Å². The number of piperidine rings is 1. The van der Waals surface area contributed by atoms with Gasteiger partial charge in [-0.05, 0) is 102 Å². The third kappa shape index (κ3) is 5.18. The van der Waals surface area contributed by atoms with Crippen molar-refractivity contribution in [3.63, 3.8) is 0 Å². The number of hydrogen-bond donors (Lipinski definition) is 1. The molecule has 1 fully saturated rings. The maximum absolute atomic E-state index is 4.34. The second-order valence-corrected chi connectivity index (χ2v) is 9.91. The maximum Gasteiger partial charge on any atom is 0.0890 e. The van der Waals surface area contributed by atoms with Crippen molar-refractivity contribution >= 4 is 5.69 Å². The Balaban J connectivity index is 1.47. The Kier molecular flexibility index (Phi) is 7.26. The fraction of sp³-hybridized carbons (Fsp3) is 0.536. The molecule has 1 saturated heterocycles. The summed E-state index contributed by atoms with van der Waals surface area (Å²) in [6.45, 7) is 11.6. The van der Waals surface area contributed by atoms with E-state index in [1.165, 1.54) is 37.1 Å². The molecule has 0 aromatic carbocycles. The molecule has 0 amide bonds. The van der Waals surface area contributed by atoms with Crippen LogP contribution in [0, 0.1) is 18.8 Å². The summed E-state index contributed by atoms with van der Waals surface area (Å²) in [5.41, 5.74) is 6.12. The number of nitrogens with zero attached hydrogens (tertiary/aromatic N) is 4. The van der Waals surface area contributed by atoms with Crippen molar-refractivity contribution in [2.75, 3.05) is 52.1 Å². The van der Waals surface area contributed by atoms with Gasteiger partial charge in [0.25, 0.3) is 0 Å². The fourth-order valence-corrected chi connectivity index (χ4v) is 5.41. The summed E-state index contributed by atoms with van der Waals surface area (Å²) in [6.07, 6.45) is 12.5. The van der Waals surface area contributed by atoms with Crippen LogP contribution in [0.3, 0.4) is 0 Å². The molecule has 3 aliphatic rings. The van der Waals surface area contributed by atoms with E-state index in [1.54, 1.807) is 0 Å². The number of likely N-dealkylation sites (N-methyl/N-ethyl adjacent to an activating group) is 1. The molecule has 1 aliphatic carbocycles. The largest absolute Gasteiger partial charge is 0.373 e. The summed E-state index contributed by atoms with van der Waals surface area (Å²) in [5.74, 6) is 6.80. The quantitative estimate of drug-likeness (QED) is 0.668. The lowest BCUT2D eigenvalue weighted by Gasteiger charge is -2.41. The molecule has 5 heteroatoms. The summed E-state index contributed by atoms with van der Waals surface area (Å²) in [6, 6.07) is 4.79. The number of allylic oxidation sites excluding steroid dienone is 1. The Morgan fingerprint density at radius 1 is 1.24 bits per heavy atom. The van der Waals surface area contributed by atoms with E-state index in [0.29, 0.717) is 6.54 Å². The molecule has 176 valence electrons. The zero-order valence-corrected chi connectivity index (χ0v) is 21.0. The van der Waals surface area contributed by atoms with Crippen molar-refractivity contribution in [1.29, 1.82) is 0 Å². The maximum atomic E-state index is 4.34. The van der Waals surface area contributed by atoms with Gasteiger partial charge in [0.1, 0.15) is 0 Å². The van der Waals surface area contributed by atoms with Crippen molar-refractivity contribution in [3.8, 4) is 11.8 Å². The van der Waals surface area contributed by atoms with Crippen molar-refractivity contribution in [3.05, 3.63) is 59.1 Å². The van der Waals surface area contributed by atoms with Crippen molar-refractivity contribution in [2.24, 2.45) is 0 Å². The number of hydrogen-bond acceptors (Lipinski definition) is 5. The highest BCUT2D eigenvalue weighted by Crippen LogP contribution is 2.43. The average molecular weight is 446 g/mol. The molecule has 0 saturated carbocycles. The topological polar surface area (TPSA) is 34.6 Å². The Labute approximate surface area is 200 Å². The number of pyridine rings is 1. The molecule has 1 aromatic heterocycles. The fourth-order valence-electron chi connectivity index (χ4n) is 5.41. The Morgan fingerprint density at radius 3 is 2.70 bits per heavy atom. The van der Waals surface area contributed by atoms with E-state index < -0.39 is 0 Å². The summed E-state index contributed by atoms with van der Waals surface area (Å²) < 4.78 is 0. The van der Waals surface area contributed by atoms with Gasteiger partial charge in [0, 0.05) is 24.8 Å². The highest BCUT2D eigenvalue weighted by atomic mass is 15.2. The minimum Gasteiger partial charge on any atom is -0.373 e. The van der Waals surface area contributed by atoms with Crippen LogP contribution < -0.4 is 5.32 Å². The minimum atomic E-state index is 0.0130. The summed E-state index contributed by atoms with van der Waals surface area (Å²) in [4.78, 5) is 11.8. The van der Waals surface area contributed by atoms with Gasteiger partial charge in [0.2, 0.25) is 0 Å². The van der Waals surface area contributed by atoms with Crippen LogP contribution in [0.5, 0.6) is 0 Å². The van der Waals surface area contributed by atoms with Gasteiger partial charge in [-0.2, -0.15) is 0 Å². The van der Waals surface area contributed by atoms with E-state index >= 15 is 0 Å². The number of aromatic nitrogens is 1. The number of nitrogens with one attached hydrogen (secondary N) is 1. The summed E-state index contributed by atoms with van der Waals surface area (Å²) in [7, 11) is 4.41. The standard InChI is InChI=1S/C28H39N5/c1-6-33-26(10-8-16-29-24-12-11-22(2)30-20-24)19-27-23(9-7-15-28(27,33)3)21-32-17-13-25(14-18-32)31(4)5/h7,9,11-12,19-20,25,29H,6,13-18,21H2,1-5H3. The second kappa shape index (κ2) is 10.2. The number of anilines is 1. The molecular formula is C28H39N5. The third-order valence-corrected chi connectivity index (χ3v) is 7.43. The van der Waals surface area contributed by atoms with E-state index in [1.807, 2.05) is 19.2 Å². The first-order valence-corrected chi connectivity index (χ1v) is 12.3. The average Bonchev–Trinajstić information content (AvgIpc) is 3.10. The lowest BCUT2D eigenvalue weighted by Crippen LogP contribution is -2.45. The number of rotatable bonds is 6. The van der Waals surface area contributed by atoms with Crippen molar-refractivity contribution in [1.82, 2.24) is 19.7 Å². The van der Waals surface area contributed by atoms with Gasteiger partial charge in [-0.15, -0.1) is 0 Å². The minimum absolute atomic E-state index is 0.0130. The van der Waals surface area contributed by atoms with Crippen LogP contribution in [-0.4, -0.2) is 78.1 Å². The predicted octanol–water partition coefficient (Wildman–Crippen LogP) is 4.07. The first-order valence-electron chi connectivity index (χ1n) is 12.3. The Morgan fingerprint density at radius 2 is 2.03 bits per heavy atom. The second-order valence-electron chi connectivity index (χ2n) is 9.91. The van der Waals surface area contributed by atoms with E-state index in [-0.39, 0.29) is 5.54 Å². The third-order valence-electron chi connectivity index (χ3n) is 7.43. The lowest BCUT2D eigenvalue weighted by atomic mass is 9.81. The molecular weight excluding hydrogens is 406 g/mol. The van der Waals surface area contributed by atoms with E-state index in [2.05, 4.69) is 89.1 Å². The normalized spacial score (nSPS) is 23.5. The van der Waals surface area contributed by atoms with Crippen LogP contribution >= 0.6 is 0 Å². The highest BCUT2D eigenvalue weighted by Gasteiger charge is 2.42. The number of fused-ring (bicyclic) bond motifs is 1. The molecule has 0 spiro atoms. The van der Waals surface area contributed by atoms with Crippen LogP contribution in [0.4, 0.5) is 5.69 Å². The monoisotopic (exact) mass is 445 g/mol. The van der Waals surface area contributed by atoms with Crippen molar-refractivity contribution in [2.45, 2.75) is 51.6 Å². The molecule has 2 aliphatic heterocycles. The molecule has 0 radical (unpaired) electrons. The number of likely N-dealkylation sites (tertiary alicyclic amines) is 1. The van der Waals surface area contributed by atoms with Gasteiger partial charge in [0.05, 0.1) is 29.7 Å². The smallest absolute Gasteiger partial charge is 0.0890 e. The highest BCUT2D eigenvalue weighted by molar-refractivity contribution is 5.55. The molecule has 33 heavy (non-hydrogen) atoms. The van der Waals surface area contributed by atoms with Gasteiger partial charge >= 0.3 is 0 Å². The molecule has 1 atom stereocenters. The van der Waals surface area contributed by atoms with Gasteiger partial charge in [-0.25, -0.2) is 0 Å². The molecule has 3 heterocycles. The Hall–Kier alpha value is -2.55. The van der Waals surface area contributed by atoms with Gasteiger partial charge in [-0.1, -0.05) is 18.1 Å². The number of aryl methyl sites for hydroxylation is 1. The zero-order chi connectivity index (χ0) is 23.4. The molecule has 1 unspecified atom stereocenters. The predicted molar refractivity (Wildman–Crippen MR) is 138 cm³/mol. The summed E-state index contributed by atoms with van der Waals surface area (Å²) in [5, 5.41) is 3.36. The SMILES string of the molecule is CCN1C(C#CCNc2ccc(C)nc2)=CC2=C(CN3CCC(N(C)C)CC3)C=CCC21C. The molecule has 1 aromatic rings. The van der Waals surface area contributed by atoms with Gasteiger partial charge in [-0.3, -0.25) is 9.88 Å². The Bertz CT molecular complexity index is 983. The van der Waals surface area contributed by atoms with Crippen LogP contribution in [0.25, 0.3) is 0 Å². The summed E-state index contributed by atoms with van der Waals surface area (Å²) >= 11 is 0. The molecule has 0 bridgehead atoms. The van der Waals surface area contributed by atoms with Crippen LogP contribution in [0.2, 0.25) is 0 Å². The lowest BCUT2D eigenvalue weighted by molar-refractivity contribution is 0.152. The zero-order valence-electron chi connectivity index (χ0n) is 21.0. The van der Waals surface area contributed by atoms with Gasteiger partial charge in [0.15, 0.2) is 0 Å². The van der Waals surface area contributed by atoms with E-state index in [9.17, 15) is 0 Å². The van der Waals surface area contributed by atoms with E-state index in [4.69, 9.17) is 0 Å². The van der Waals surface area contributed by atoms with Crippen LogP contribution in [-0.2, 0) is 0 Å². The van der Waals surface area contributed by atoms with Gasteiger partial charge < -0.3 is 15.1 Å². The van der Waals surface area contributed by atoms with Crippen molar-refractivity contribution < 1.29 is 0 Å².